The molecule has 1 N–H and O–H groups in total. The zero-order valence-electron chi connectivity index (χ0n) is 9.34. The summed E-state index contributed by atoms with van der Waals surface area (Å²) < 4.78 is 0. The number of hydrogen-bond donors (Lipinski definition) is 1. The van der Waals surface area contributed by atoms with Crippen LogP contribution in [0.1, 0.15) is 6.92 Å². The van der Waals surface area contributed by atoms with Gasteiger partial charge < -0.3 is 0 Å². The average molecular weight is 308 g/mol. The van der Waals surface area contributed by atoms with E-state index < -0.39 is 6.03 Å². The third-order valence-electron chi connectivity index (χ3n) is 2.66. The maximum atomic E-state index is 11.8. The van der Waals surface area contributed by atoms with Crippen molar-refractivity contribution in [2.24, 2.45) is 5.92 Å². The van der Waals surface area contributed by atoms with Crippen LogP contribution in [0, 0.1) is 5.92 Å². The molecule has 3 amide bonds. The molecule has 0 spiro atoms. The highest BCUT2D eigenvalue weighted by Gasteiger charge is 2.31. The topological polar surface area (TPSA) is 49.4 Å². The second-order valence-electron chi connectivity index (χ2n) is 4.02. The molecule has 0 aliphatic carbocycles. The zero-order valence-corrected chi connectivity index (χ0v) is 11.6. The molecular weight excluding hydrogens is 298 g/mol. The molecule has 7 heteroatoms. The Bertz CT molecular complexity index is 533. The van der Waals surface area contributed by atoms with Crippen LogP contribution in [-0.2, 0) is 4.79 Å². The number of imide groups is 1. The van der Waals surface area contributed by atoms with Crippen molar-refractivity contribution in [3.05, 3.63) is 27.2 Å². The minimum atomic E-state index is -0.515. The van der Waals surface area contributed by atoms with E-state index >= 15 is 0 Å². The number of nitrogens with one attached hydrogen (secondary N) is 1. The lowest BCUT2D eigenvalue weighted by Crippen LogP contribution is -2.54. The molecule has 18 heavy (non-hydrogen) atoms. The second kappa shape index (κ2) is 4.96. The van der Waals surface area contributed by atoms with Crippen LogP contribution < -0.4 is 10.2 Å². The van der Waals surface area contributed by atoms with E-state index in [1.54, 1.807) is 6.92 Å². The van der Waals surface area contributed by atoms with Gasteiger partial charge in [0.05, 0.1) is 26.7 Å². The predicted octanol–water partition coefficient (Wildman–Crippen LogP) is 3.34. The van der Waals surface area contributed by atoms with Gasteiger partial charge >= 0.3 is 6.03 Å². The molecule has 1 unspecified atom stereocenters. The summed E-state index contributed by atoms with van der Waals surface area (Å²) in [6.07, 6.45) is 0. The van der Waals surface area contributed by atoms with Gasteiger partial charge in [-0.3, -0.25) is 15.0 Å². The number of halogens is 3. The maximum Gasteiger partial charge on any atom is 0.328 e. The van der Waals surface area contributed by atoms with Crippen LogP contribution in [0.4, 0.5) is 10.5 Å². The third-order valence-corrected chi connectivity index (χ3v) is 3.68. The van der Waals surface area contributed by atoms with E-state index in [9.17, 15) is 9.59 Å². The normalized spacial score (nSPS) is 20.0. The van der Waals surface area contributed by atoms with E-state index in [4.69, 9.17) is 34.8 Å². The zero-order chi connectivity index (χ0) is 13.4. The summed E-state index contributed by atoms with van der Waals surface area (Å²) in [6, 6.07) is 2.46. The van der Waals surface area contributed by atoms with Crippen molar-refractivity contribution < 1.29 is 9.59 Å². The monoisotopic (exact) mass is 306 g/mol. The number of carbonyl (C=O) groups is 2. The Balaban J connectivity index is 2.39. The SMILES string of the molecule is CC1CN(c2cc(Cl)c(Cl)cc2Cl)C(=O)NC1=O. The molecule has 1 saturated heterocycles. The van der Waals surface area contributed by atoms with Gasteiger partial charge in [0.25, 0.3) is 0 Å². The Morgan fingerprint density at radius 1 is 1.17 bits per heavy atom. The van der Waals surface area contributed by atoms with Crippen LogP contribution in [0.3, 0.4) is 0 Å². The maximum absolute atomic E-state index is 11.8. The molecule has 0 aromatic heterocycles. The molecule has 4 nitrogen and oxygen atoms in total. The Morgan fingerprint density at radius 3 is 2.44 bits per heavy atom. The molecule has 1 atom stereocenters. The molecular formula is C11H9Cl3N2O2. The summed E-state index contributed by atoms with van der Waals surface area (Å²) in [5, 5.41) is 3.17. The van der Waals surface area contributed by atoms with Gasteiger partial charge in [0.1, 0.15) is 0 Å². The lowest BCUT2D eigenvalue weighted by atomic mass is 10.1. The third kappa shape index (κ3) is 2.41. The van der Waals surface area contributed by atoms with Crippen molar-refractivity contribution in [2.75, 3.05) is 11.4 Å². The number of amides is 3. The van der Waals surface area contributed by atoms with Crippen molar-refractivity contribution in [3.8, 4) is 0 Å². The van der Waals surface area contributed by atoms with Crippen LogP contribution in [-0.4, -0.2) is 18.5 Å². The quantitative estimate of drug-likeness (QED) is 0.809. The number of anilines is 1. The fraction of sp³-hybridized carbons (Fsp3) is 0.273. The van der Waals surface area contributed by atoms with Crippen LogP contribution >= 0.6 is 34.8 Å². The van der Waals surface area contributed by atoms with E-state index in [1.807, 2.05) is 0 Å². The van der Waals surface area contributed by atoms with E-state index in [0.717, 1.165) is 0 Å². The minimum absolute atomic E-state index is 0.252. The first-order valence-corrected chi connectivity index (χ1v) is 6.30. The molecule has 1 aliphatic heterocycles. The van der Waals surface area contributed by atoms with Crippen molar-refractivity contribution in [1.29, 1.82) is 0 Å². The summed E-state index contributed by atoms with van der Waals surface area (Å²) in [7, 11) is 0. The first kappa shape index (κ1) is 13.5. The van der Waals surface area contributed by atoms with Gasteiger partial charge in [0.2, 0.25) is 5.91 Å². The summed E-state index contributed by atoms with van der Waals surface area (Å²) >= 11 is 17.8. The van der Waals surface area contributed by atoms with Crippen molar-refractivity contribution in [2.45, 2.75) is 6.92 Å². The number of benzene rings is 1. The number of nitrogens with zero attached hydrogens (tertiary/aromatic N) is 1. The molecule has 1 heterocycles. The summed E-state index contributed by atoms with van der Waals surface area (Å²) in [5.41, 5.74) is 0.433. The van der Waals surface area contributed by atoms with E-state index in [0.29, 0.717) is 20.8 Å². The highest BCUT2D eigenvalue weighted by atomic mass is 35.5. The summed E-state index contributed by atoms with van der Waals surface area (Å²) in [4.78, 5) is 24.5. The lowest BCUT2D eigenvalue weighted by Gasteiger charge is -2.31. The second-order valence-corrected chi connectivity index (χ2v) is 5.25. The number of carbonyl (C=O) groups excluding carboxylic acids is 2. The summed E-state index contributed by atoms with van der Waals surface area (Å²) in [6.45, 7) is 1.97. The Morgan fingerprint density at radius 2 is 1.78 bits per heavy atom. The fourth-order valence-corrected chi connectivity index (χ4v) is 2.31. The van der Waals surface area contributed by atoms with Gasteiger partial charge in [-0.05, 0) is 12.1 Å². The first-order valence-electron chi connectivity index (χ1n) is 5.17. The smallest absolute Gasteiger partial charge is 0.292 e. The van der Waals surface area contributed by atoms with Gasteiger partial charge in [0.15, 0.2) is 0 Å². The average Bonchev–Trinajstić information content (AvgIpc) is 2.29. The molecule has 1 aromatic rings. The van der Waals surface area contributed by atoms with Crippen LogP contribution in [0.2, 0.25) is 15.1 Å². The Kier molecular flexibility index (Phi) is 3.71. The van der Waals surface area contributed by atoms with Crippen molar-refractivity contribution in [3.63, 3.8) is 0 Å². The molecule has 0 radical (unpaired) electrons. The fourth-order valence-electron chi connectivity index (χ4n) is 1.66. The summed E-state index contributed by atoms with van der Waals surface area (Å²) in [5.74, 6) is -0.611. The Labute approximate surface area is 119 Å². The van der Waals surface area contributed by atoms with E-state index in [2.05, 4.69) is 5.32 Å². The van der Waals surface area contributed by atoms with Gasteiger partial charge in [-0.2, -0.15) is 0 Å². The first-order chi connectivity index (χ1) is 8.40. The number of urea groups is 1. The van der Waals surface area contributed by atoms with Gasteiger partial charge in [-0.15, -0.1) is 0 Å². The standard InChI is InChI=1S/C11H9Cl3N2O2/c1-5-4-16(11(18)15-10(5)17)9-3-7(13)6(12)2-8(9)14/h2-3,5H,4H2,1H3,(H,15,17,18). The highest BCUT2D eigenvalue weighted by molar-refractivity contribution is 6.44. The van der Waals surface area contributed by atoms with Crippen LogP contribution in [0.15, 0.2) is 12.1 Å². The number of hydrogen-bond acceptors (Lipinski definition) is 2. The van der Waals surface area contributed by atoms with Crippen molar-refractivity contribution >= 4 is 52.4 Å². The minimum Gasteiger partial charge on any atom is -0.292 e. The highest BCUT2D eigenvalue weighted by Crippen LogP contribution is 2.35. The Hall–Kier alpha value is -0.970. The van der Waals surface area contributed by atoms with E-state index in [-0.39, 0.29) is 18.4 Å². The van der Waals surface area contributed by atoms with Crippen molar-refractivity contribution in [1.82, 2.24) is 5.32 Å². The largest absolute Gasteiger partial charge is 0.328 e. The number of rotatable bonds is 1. The van der Waals surface area contributed by atoms with E-state index in [1.165, 1.54) is 17.0 Å². The predicted molar refractivity (Wildman–Crippen MR) is 71.5 cm³/mol. The molecule has 96 valence electrons. The molecule has 0 saturated carbocycles. The molecule has 1 fully saturated rings. The molecule has 1 aromatic carbocycles. The molecule has 2 rings (SSSR count). The van der Waals surface area contributed by atoms with Gasteiger partial charge in [-0.1, -0.05) is 41.7 Å². The molecule has 0 bridgehead atoms. The van der Waals surface area contributed by atoms with Gasteiger partial charge in [0, 0.05) is 6.54 Å². The molecule has 1 aliphatic rings. The lowest BCUT2D eigenvalue weighted by molar-refractivity contribution is -0.123. The van der Waals surface area contributed by atoms with Gasteiger partial charge in [-0.25, -0.2) is 4.79 Å². The van der Waals surface area contributed by atoms with Crippen LogP contribution in [0.5, 0.6) is 0 Å². The van der Waals surface area contributed by atoms with Crippen LogP contribution in [0.25, 0.3) is 0 Å².